The SMILES string of the molecule is O=C(NC[C@@H]1CCCO1)c1ccccc1NC(=O)[C@@H]1CC(=O)N(C2CCCCC2)C1. The van der Waals surface area contributed by atoms with Crippen molar-refractivity contribution in [2.45, 2.75) is 63.5 Å². The van der Waals surface area contributed by atoms with Gasteiger partial charge in [0.2, 0.25) is 11.8 Å². The van der Waals surface area contributed by atoms with Gasteiger partial charge in [0.05, 0.1) is 23.3 Å². The van der Waals surface area contributed by atoms with Gasteiger partial charge in [-0.05, 0) is 37.8 Å². The summed E-state index contributed by atoms with van der Waals surface area (Å²) < 4.78 is 5.55. The lowest BCUT2D eigenvalue weighted by atomic mass is 9.94. The van der Waals surface area contributed by atoms with Gasteiger partial charge in [-0.25, -0.2) is 0 Å². The van der Waals surface area contributed by atoms with Crippen LogP contribution in [0, 0.1) is 5.92 Å². The summed E-state index contributed by atoms with van der Waals surface area (Å²) >= 11 is 0. The number of para-hydroxylation sites is 1. The van der Waals surface area contributed by atoms with Gasteiger partial charge < -0.3 is 20.3 Å². The molecule has 0 radical (unpaired) electrons. The average molecular weight is 414 g/mol. The number of nitrogens with one attached hydrogen (secondary N) is 2. The van der Waals surface area contributed by atoms with Gasteiger partial charge in [0.1, 0.15) is 0 Å². The maximum atomic E-state index is 12.9. The third kappa shape index (κ3) is 4.83. The van der Waals surface area contributed by atoms with Crippen LogP contribution in [0.4, 0.5) is 5.69 Å². The van der Waals surface area contributed by atoms with Crippen LogP contribution in [0.15, 0.2) is 24.3 Å². The molecule has 3 amide bonds. The molecule has 1 saturated carbocycles. The van der Waals surface area contributed by atoms with Crippen LogP contribution in [0.3, 0.4) is 0 Å². The molecule has 2 saturated heterocycles. The molecular formula is C23H31N3O4. The van der Waals surface area contributed by atoms with Crippen molar-refractivity contribution in [3.8, 4) is 0 Å². The van der Waals surface area contributed by atoms with Gasteiger partial charge in [-0.15, -0.1) is 0 Å². The monoisotopic (exact) mass is 413 g/mol. The van der Waals surface area contributed by atoms with Crippen molar-refractivity contribution >= 4 is 23.4 Å². The predicted molar refractivity (Wildman–Crippen MR) is 113 cm³/mol. The number of rotatable bonds is 6. The first-order valence-electron chi connectivity index (χ1n) is 11.2. The number of hydrogen-bond acceptors (Lipinski definition) is 4. The number of anilines is 1. The summed E-state index contributed by atoms with van der Waals surface area (Å²) in [5, 5.41) is 5.80. The van der Waals surface area contributed by atoms with Crippen molar-refractivity contribution < 1.29 is 19.1 Å². The van der Waals surface area contributed by atoms with E-state index >= 15 is 0 Å². The van der Waals surface area contributed by atoms with Gasteiger partial charge in [-0.2, -0.15) is 0 Å². The fourth-order valence-electron chi connectivity index (χ4n) is 4.78. The van der Waals surface area contributed by atoms with E-state index < -0.39 is 0 Å². The van der Waals surface area contributed by atoms with E-state index in [1.807, 2.05) is 4.90 Å². The molecule has 30 heavy (non-hydrogen) atoms. The second-order valence-corrected chi connectivity index (χ2v) is 8.62. The summed E-state index contributed by atoms with van der Waals surface area (Å²) in [6, 6.07) is 7.28. The molecule has 3 aliphatic rings. The molecule has 7 nitrogen and oxygen atoms in total. The minimum Gasteiger partial charge on any atom is -0.376 e. The average Bonchev–Trinajstić information content (AvgIpc) is 3.43. The summed E-state index contributed by atoms with van der Waals surface area (Å²) in [7, 11) is 0. The van der Waals surface area contributed by atoms with Gasteiger partial charge in [-0.3, -0.25) is 14.4 Å². The number of nitrogens with zero attached hydrogens (tertiary/aromatic N) is 1. The van der Waals surface area contributed by atoms with E-state index in [0.29, 0.717) is 24.3 Å². The Bertz CT molecular complexity index is 784. The topological polar surface area (TPSA) is 87.7 Å². The van der Waals surface area contributed by atoms with Gasteiger partial charge >= 0.3 is 0 Å². The molecule has 2 N–H and O–H groups in total. The summed E-state index contributed by atoms with van der Waals surface area (Å²) in [6.07, 6.45) is 7.88. The van der Waals surface area contributed by atoms with E-state index in [4.69, 9.17) is 4.74 Å². The van der Waals surface area contributed by atoms with Crippen molar-refractivity contribution in [1.82, 2.24) is 10.2 Å². The molecule has 0 aromatic heterocycles. The zero-order chi connectivity index (χ0) is 20.9. The second kappa shape index (κ2) is 9.60. The maximum absolute atomic E-state index is 12.9. The zero-order valence-electron chi connectivity index (χ0n) is 17.4. The lowest BCUT2D eigenvalue weighted by molar-refractivity contribution is -0.130. The molecule has 4 rings (SSSR count). The van der Waals surface area contributed by atoms with E-state index in [1.54, 1.807) is 24.3 Å². The van der Waals surface area contributed by atoms with Gasteiger partial charge in [-0.1, -0.05) is 31.4 Å². The lowest BCUT2D eigenvalue weighted by Gasteiger charge is -2.31. The zero-order valence-corrected chi connectivity index (χ0v) is 17.4. The number of carbonyl (C=O) groups is 3. The Morgan fingerprint density at radius 3 is 2.63 bits per heavy atom. The Balaban J connectivity index is 1.36. The normalized spacial score (nSPS) is 24.8. The highest BCUT2D eigenvalue weighted by Crippen LogP contribution is 2.29. The summed E-state index contributed by atoms with van der Waals surface area (Å²) in [4.78, 5) is 39.9. The summed E-state index contributed by atoms with van der Waals surface area (Å²) in [5.74, 6) is -0.721. The molecule has 2 heterocycles. The molecule has 0 spiro atoms. The Morgan fingerprint density at radius 2 is 1.87 bits per heavy atom. The summed E-state index contributed by atoms with van der Waals surface area (Å²) in [6.45, 7) is 1.68. The standard InChI is InChI=1S/C23H31N3O4/c27-21-13-16(15-26(21)17-7-2-1-3-8-17)22(28)25-20-11-5-4-10-19(20)23(29)24-14-18-9-6-12-30-18/h4-5,10-11,16-18H,1-3,6-9,12-15H2,(H,24,29)(H,25,28)/t16-,18+/m1/s1. The third-order valence-corrected chi connectivity index (χ3v) is 6.49. The third-order valence-electron chi connectivity index (χ3n) is 6.49. The van der Waals surface area contributed by atoms with Crippen LogP contribution >= 0.6 is 0 Å². The first kappa shape index (κ1) is 20.8. The first-order valence-corrected chi connectivity index (χ1v) is 11.2. The first-order chi connectivity index (χ1) is 14.6. The van der Waals surface area contributed by atoms with E-state index in [2.05, 4.69) is 10.6 Å². The molecule has 1 aromatic carbocycles. The minimum atomic E-state index is -0.373. The quantitative estimate of drug-likeness (QED) is 0.751. The van der Waals surface area contributed by atoms with Crippen molar-refractivity contribution in [3.05, 3.63) is 29.8 Å². The van der Waals surface area contributed by atoms with Crippen molar-refractivity contribution in [2.24, 2.45) is 5.92 Å². The molecule has 2 aliphatic heterocycles. The van der Waals surface area contributed by atoms with E-state index in [1.165, 1.54) is 6.42 Å². The van der Waals surface area contributed by atoms with Crippen molar-refractivity contribution in [2.75, 3.05) is 25.0 Å². The maximum Gasteiger partial charge on any atom is 0.253 e. The van der Waals surface area contributed by atoms with E-state index in [-0.39, 0.29) is 42.2 Å². The van der Waals surface area contributed by atoms with Gasteiger partial charge in [0, 0.05) is 32.2 Å². The predicted octanol–water partition coefficient (Wildman–Crippen LogP) is 2.72. The minimum absolute atomic E-state index is 0.0611. The highest BCUT2D eigenvalue weighted by atomic mass is 16.5. The molecule has 162 valence electrons. The summed E-state index contributed by atoms with van der Waals surface area (Å²) in [5.41, 5.74) is 0.910. The van der Waals surface area contributed by atoms with Crippen LogP contribution in [0.1, 0.15) is 61.7 Å². The smallest absolute Gasteiger partial charge is 0.253 e. The Labute approximate surface area is 177 Å². The van der Waals surface area contributed by atoms with Crippen LogP contribution in [0.2, 0.25) is 0 Å². The molecule has 3 fully saturated rings. The lowest BCUT2D eigenvalue weighted by Crippen LogP contribution is -2.38. The molecule has 1 aliphatic carbocycles. The van der Waals surface area contributed by atoms with Crippen LogP contribution in [0.25, 0.3) is 0 Å². The van der Waals surface area contributed by atoms with Crippen LogP contribution in [-0.2, 0) is 14.3 Å². The van der Waals surface area contributed by atoms with E-state index in [9.17, 15) is 14.4 Å². The fourth-order valence-corrected chi connectivity index (χ4v) is 4.78. The molecular weight excluding hydrogens is 382 g/mol. The molecule has 7 heteroatoms. The van der Waals surface area contributed by atoms with Crippen LogP contribution in [-0.4, -0.2) is 54.5 Å². The highest BCUT2D eigenvalue weighted by molar-refractivity contribution is 6.05. The number of carbonyl (C=O) groups excluding carboxylic acids is 3. The number of ether oxygens (including phenoxy) is 1. The van der Waals surface area contributed by atoms with Gasteiger partial charge in [0.25, 0.3) is 5.91 Å². The highest BCUT2D eigenvalue weighted by Gasteiger charge is 2.38. The van der Waals surface area contributed by atoms with Crippen LogP contribution in [0.5, 0.6) is 0 Å². The van der Waals surface area contributed by atoms with Gasteiger partial charge in [0.15, 0.2) is 0 Å². The van der Waals surface area contributed by atoms with Crippen molar-refractivity contribution in [1.29, 1.82) is 0 Å². The largest absolute Gasteiger partial charge is 0.376 e. The molecule has 2 atom stereocenters. The number of amides is 3. The Kier molecular flexibility index (Phi) is 6.67. The second-order valence-electron chi connectivity index (χ2n) is 8.62. The Morgan fingerprint density at radius 1 is 1.07 bits per heavy atom. The molecule has 0 bridgehead atoms. The van der Waals surface area contributed by atoms with Crippen molar-refractivity contribution in [3.63, 3.8) is 0 Å². The van der Waals surface area contributed by atoms with Crippen LogP contribution < -0.4 is 10.6 Å². The van der Waals surface area contributed by atoms with E-state index in [0.717, 1.165) is 45.1 Å². The number of hydrogen-bond donors (Lipinski definition) is 2. The number of benzene rings is 1. The fraction of sp³-hybridized carbons (Fsp3) is 0.609. The Hall–Kier alpha value is -2.41. The molecule has 0 unspecified atom stereocenters. The molecule has 1 aromatic rings. The number of likely N-dealkylation sites (tertiary alicyclic amines) is 1.